The van der Waals surface area contributed by atoms with Crippen LogP contribution in [0.5, 0.6) is 0 Å². The monoisotopic (exact) mass is 184 g/mol. The Morgan fingerprint density at radius 2 is 1.21 bits per heavy atom. The summed E-state index contributed by atoms with van der Waals surface area (Å²) in [6.45, 7) is 0. The number of pyridine rings is 2. The number of rotatable bonds is 2. The summed E-state index contributed by atoms with van der Waals surface area (Å²) in [6, 6.07) is 11.0. The van der Waals surface area contributed by atoms with E-state index in [1.807, 2.05) is 24.3 Å². The Labute approximate surface area is 81.4 Å². The first-order chi connectivity index (χ1) is 6.95. The molecule has 0 spiro atoms. The lowest BCUT2D eigenvalue weighted by Crippen LogP contribution is -1.71. The van der Waals surface area contributed by atoms with E-state index in [2.05, 4.69) is 20.2 Å². The Bertz CT molecular complexity index is 369. The third-order valence-corrected chi connectivity index (χ3v) is 1.55. The van der Waals surface area contributed by atoms with E-state index >= 15 is 0 Å². The van der Waals surface area contributed by atoms with Gasteiger partial charge in [-0.05, 0) is 24.3 Å². The highest BCUT2D eigenvalue weighted by molar-refractivity contribution is 5.28. The predicted molar refractivity (Wildman–Crippen MR) is 52.7 cm³/mol. The van der Waals surface area contributed by atoms with E-state index in [0.29, 0.717) is 11.6 Å². The molecule has 0 aliphatic rings. The normalized spacial score (nSPS) is 10.6. The van der Waals surface area contributed by atoms with Crippen LogP contribution in [-0.4, -0.2) is 9.97 Å². The van der Waals surface area contributed by atoms with Crippen LogP contribution in [0, 0.1) is 0 Å². The highest BCUT2D eigenvalue weighted by atomic mass is 15.2. The lowest BCUT2D eigenvalue weighted by Gasteiger charge is -1.89. The summed E-state index contributed by atoms with van der Waals surface area (Å²) in [5.74, 6) is 1.16. The first-order valence-corrected chi connectivity index (χ1v) is 4.19. The molecular formula is C10H8N4. The maximum absolute atomic E-state index is 4.01. The van der Waals surface area contributed by atoms with Gasteiger partial charge in [-0.3, -0.25) is 0 Å². The minimum atomic E-state index is 0.582. The van der Waals surface area contributed by atoms with Crippen LogP contribution in [0.25, 0.3) is 0 Å². The molecule has 2 rings (SSSR count). The number of aromatic nitrogens is 2. The molecule has 0 saturated carbocycles. The molecule has 68 valence electrons. The first kappa shape index (κ1) is 8.50. The second-order valence-electron chi connectivity index (χ2n) is 2.58. The van der Waals surface area contributed by atoms with Crippen molar-refractivity contribution in [2.45, 2.75) is 0 Å². The topological polar surface area (TPSA) is 50.5 Å². The largest absolute Gasteiger partial charge is 0.236 e. The maximum Gasteiger partial charge on any atom is 0.174 e. The van der Waals surface area contributed by atoms with Crippen molar-refractivity contribution in [2.24, 2.45) is 10.2 Å². The molecule has 0 atom stereocenters. The minimum absolute atomic E-state index is 0.582. The van der Waals surface area contributed by atoms with Crippen LogP contribution in [0.2, 0.25) is 0 Å². The predicted octanol–water partition coefficient (Wildman–Crippen LogP) is 2.89. The standard InChI is InChI=1S/C10H8N4/c1-3-7-11-9(5-1)13-14-10-6-2-4-8-12-10/h1-8H. The minimum Gasteiger partial charge on any atom is -0.236 e. The SMILES string of the molecule is c1ccc(N=Nc2ccccn2)nc1. The number of hydrogen-bond donors (Lipinski definition) is 0. The van der Waals surface area contributed by atoms with E-state index in [1.54, 1.807) is 24.5 Å². The van der Waals surface area contributed by atoms with Crippen LogP contribution >= 0.6 is 0 Å². The van der Waals surface area contributed by atoms with Crippen molar-refractivity contribution in [3.8, 4) is 0 Å². The van der Waals surface area contributed by atoms with Crippen LogP contribution in [-0.2, 0) is 0 Å². The highest BCUT2D eigenvalue weighted by Crippen LogP contribution is 2.11. The van der Waals surface area contributed by atoms with Gasteiger partial charge in [0.2, 0.25) is 0 Å². The van der Waals surface area contributed by atoms with Crippen LogP contribution in [0.1, 0.15) is 0 Å². The Balaban J connectivity index is 2.16. The highest BCUT2D eigenvalue weighted by Gasteiger charge is 1.88. The lowest BCUT2D eigenvalue weighted by atomic mass is 10.5. The lowest BCUT2D eigenvalue weighted by molar-refractivity contribution is 1.11. The molecule has 0 aliphatic carbocycles. The summed E-state index contributed by atoms with van der Waals surface area (Å²) in [5.41, 5.74) is 0. The molecule has 0 N–H and O–H groups in total. The molecule has 2 aromatic heterocycles. The summed E-state index contributed by atoms with van der Waals surface area (Å²) in [6.07, 6.45) is 3.35. The van der Waals surface area contributed by atoms with Crippen LogP contribution in [0.3, 0.4) is 0 Å². The van der Waals surface area contributed by atoms with E-state index in [4.69, 9.17) is 0 Å². The van der Waals surface area contributed by atoms with Crippen molar-refractivity contribution in [3.63, 3.8) is 0 Å². The molecule has 0 bridgehead atoms. The maximum atomic E-state index is 4.01. The summed E-state index contributed by atoms with van der Waals surface area (Å²) >= 11 is 0. The van der Waals surface area contributed by atoms with E-state index in [-0.39, 0.29) is 0 Å². The molecule has 0 amide bonds. The average molecular weight is 184 g/mol. The fourth-order valence-electron chi connectivity index (χ4n) is 0.928. The van der Waals surface area contributed by atoms with Gasteiger partial charge in [0.25, 0.3) is 0 Å². The van der Waals surface area contributed by atoms with Gasteiger partial charge in [0.05, 0.1) is 0 Å². The smallest absolute Gasteiger partial charge is 0.174 e. The van der Waals surface area contributed by atoms with Crippen molar-refractivity contribution >= 4 is 11.6 Å². The Morgan fingerprint density at radius 3 is 1.57 bits per heavy atom. The van der Waals surface area contributed by atoms with Crippen molar-refractivity contribution in [1.29, 1.82) is 0 Å². The van der Waals surface area contributed by atoms with Gasteiger partial charge < -0.3 is 0 Å². The molecule has 14 heavy (non-hydrogen) atoms. The molecule has 0 saturated heterocycles. The van der Waals surface area contributed by atoms with E-state index in [9.17, 15) is 0 Å². The average Bonchev–Trinajstić information content (AvgIpc) is 2.29. The fourth-order valence-corrected chi connectivity index (χ4v) is 0.928. The molecule has 0 aliphatic heterocycles. The second kappa shape index (κ2) is 4.23. The van der Waals surface area contributed by atoms with Gasteiger partial charge >= 0.3 is 0 Å². The molecule has 2 aromatic rings. The van der Waals surface area contributed by atoms with Crippen molar-refractivity contribution < 1.29 is 0 Å². The van der Waals surface area contributed by atoms with E-state index in [0.717, 1.165) is 0 Å². The van der Waals surface area contributed by atoms with Crippen molar-refractivity contribution in [3.05, 3.63) is 48.8 Å². The Kier molecular flexibility index (Phi) is 2.56. The van der Waals surface area contributed by atoms with Gasteiger partial charge in [0.15, 0.2) is 11.6 Å². The van der Waals surface area contributed by atoms with E-state index < -0.39 is 0 Å². The zero-order chi connectivity index (χ0) is 9.64. The van der Waals surface area contributed by atoms with Gasteiger partial charge in [-0.1, -0.05) is 12.1 Å². The molecular weight excluding hydrogens is 176 g/mol. The van der Waals surface area contributed by atoms with Crippen LogP contribution < -0.4 is 0 Å². The quantitative estimate of drug-likeness (QED) is 0.674. The fraction of sp³-hybridized carbons (Fsp3) is 0. The van der Waals surface area contributed by atoms with Crippen molar-refractivity contribution in [1.82, 2.24) is 9.97 Å². The molecule has 4 nitrogen and oxygen atoms in total. The summed E-state index contributed by atoms with van der Waals surface area (Å²) in [4.78, 5) is 8.01. The number of hydrogen-bond acceptors (Lipinski definition) is 4. The third kappa shape index (κ3) is 2.20. The Morgan fingerprint density at radius 1 is 0.714 bits per heavy atom. The van der Waals surface area contributed by atoms with Crippen LogP contribution in [0.15, 0.2) is 59.0 Å². The molecule has 0 aromatic carbocycles. The molecule has 0 fully saturated rings. The zero-order valence-electron chi connectivity index (χ0n) is 7.41. The third-order valence-electron chi connectivity index (χ3n) is 1.55. The van der Waals surface area contributed by atoms with Crippen molar-refractivity contribution in [2.75, 3.05) is 0 Å². The van der Waals surface area contributed by atoms with Gasteiger partial charge in [-0.15, -0.1) is 10.2 Å². The summed E-state index contributed by atoms with van der Waals surface area (Å²) in [7, 11) is 0. The Hall–Kier alpha value is -2.10. The van der Waals surface area contributed by atoms with Gasteiger partial charge in [-0.25, -0.2) is 9.97 Å². The summed E-state index contributed by atoms with van der Waals surface area (Å²) in [5, 5.41) is 7.86. The molecule has 0 radical (unpaired) electrons. The van der Waals surface area contributed by atoms with Crippen LogP contribution in [0.4, 0.5) is 11.6 Å². The van der Waals surface area contributed by atoms with E-state index in [1.165, 1.54) is 0 Å². The molecule has 4 heteroatoms. The van der Waals surface area contributed by atoms with Gasteiger partial charge in [0.1, 0.15) is 0 Å². The number of azo groups is 1. The van der Waals surface area contributed by atoms with Gasteiger partial charge in [-0.2, -0.15) is 0 Å². The summed E-state index contributed by atoms with van der Waals surface area (Å²) < 4.78 is 0. The molecule has 2 heterocycles. The first-order valence-electron chi connectivity index (χ1n) is 4.19. The number of nitrogens with zero attached hydrogens (tertiary/aromatic N) is 4. The second-order valence-corrected chi connectivity index (χ2v) is 2.58. The molecule has 0 unspecified atom stereocenters. The zero-order valence-corrected chi connectivity index (χ0v) is 7.41. The van der Waals surface area contributed by atoms with Gasteiger partial charge in [0, 0.05) is 12.4 Å².